The van der Waals surface area contributed by atoms with Gasteiger partial charge < -0.3 is 9.47 Å². The number of aliphatic imine (C=N–C) groups is 1. The monoisotopic (exact) mass is 309 g/mol. The maximum absolute atomic E-state index is 12.9. The first-order valence-electron chi connectivity index (χ1n) is 6.68. The van der Waals surface area contributed by atoms with Crippen molar-refractivity contribution in [2.45, 2.75) is 0 Å². The number of hydrogen-bond acceptors (Lipinski definition) is 6. The van der Waals surface area contributed by atoms with Gasteiger partial charge in [0.15, 0.2) is 5.78 Å². The number of ether oxygens (including phenoxy) is 2. The van der Waals surface area contributed by atoms with Gasteiger partial charge in [0.05, 0.1) is 31.0 Å². The molecule has 2 aromatic rings. The normalized spacial score (nSPS) is 12.1. The fourth-order valence-electron chi connectivity index (χ4n) is 2.69. The predicted molar refractivity (Wildman–Crippen MR) is 80.6 cm³/mol. The van der Waals surface area contributed by atoms with Crippen LogP contribution < -0.4 is 9.47 Å². The third-order valence-electron chi connectivity index (χ3n) is 3.67. The Labute approximate surface area is 131 Å². The second kappa shape index (κ2) is 5.51. The molecule has 6 nitrogen and oxygen atoms in total. The molecule has 0 aromatic heterocycles. The highest BCUT2D eigenvalue weighted by Gasteiger charge is 2.35. The molecule has 6 heteroatoms. The van der Waals surface area contributed by atoms with Crippen LogP contribution in [0.15, 0.2) is 35.3 Å². The minimum Gasteiger partial charge on any atom is -0.496 e. The van der Waals surface area contributed by atoms with Crippen LogP contribution in [0.5, 0.6) is 11.5 Å². The number of rotatable bonds is 3. The van der Waals surface area contributed by atoms with Gasteiger partial charge in [-0.05, 0) is 12.1 Å². The Morgan fingerprint density at radius 2 is 1.61 bits per heavy atom. The van der Waals surface area contributed by atoms with Crippen LogP contribution in [-0.2, 0) is 4.79 Å². The van der Waals surface area contributed by atoms with Crippen LogP contribution in [0.3, 0.4) is 0 Å². The molecule has 0 amide bonds. The Morgan fingerprint density at radius 3 is 2.26 bits per heavy atom. The minimum atomic E-state index is -0.370. The molecule has 2 aromatic carbocycles. The summed E-state index contributed by atoms with van der Waals surface area (Å²) in [7, 11) is 2.81. The van der Waals surface area contributed by atoms with E-state index in [1.807, 2.05) is 0 Å². The summed E-state index contributed by atoms with van der Waals surface area (Å²) in [5.41, 5.74) is 0.931. The molecule has 3 rings (SSSR count). The van der Waals surface area contributed by atoms with Crippen molar-refractivity contribution in [2.75, 3.05) is 14.2 Å². The summed E-state index contributed by atoms with van der Waals surface area (Å²) >= 11 is 0. The molecular weight excluding hydrogens is 298 g/mol. The molecule has 114 valence electrons. The maximum atomic E-state index is 12.9. The number of fused-ring (bicyclic) bond motifs is 2. The number of carbonyl (C=O) groups excluding carboxylic acids is 3. The lowest BCUT2D eigenvalue weighted by molar-refractivity contribution is 0.0974. The largest absolute Gasteiger partial charge is 0.496 e. The van der Waals surface area contributed by atoms with Gasteiger partial charge in [-0.15, -0.1) is 0 Å². The average Bonchev–Trinajstić information content (AvgIpc) is 2.58. The molecule has 0 saturated carbocycles. The van der Waals surface area contributed by atoms with Crippen LogP contribution in [0.2, 0.25) is 0 Å². The average molecular weight is 309 g/mol. The Balaban J connectivity index is 2.35. The van der Waals surface area contributed by atoms with Gasteiger partial charge in [0.2, 0.25) is 11.9 Å². The first kappa shape index (κ1) is 14.7. The molecule has 0 saturated heterocycles. The molecule has 23 heavy (non-hydrogen) atoms. The highest BCUT2D eigenvalue weighted by Crippen LogP contribution is 2.39. The van der Waals surface area contributed by atoms with Gasteiger partial charge in [0, 0.05) is 17.2 Å². The first-order valence-corrected chi connectivity index (χ1v) is 6.68. The molecule has 0 radical (unpaired) electrons. The van der Waals surface area contributed by atoms with Crippen molar-refractivity contribution in [1.82, 2.24) is 0 Å². The molecule has 0 aliphatic heterocycles. The number of benzene rings is 2. The van der Waals surface area contributed by atoms with Crippen molar-refractivity contribution >= 4 is 23.3 Å². The molecule has 0 atom stereocenters. The summed E-state index contributed by atoms with van der Waals surface area (Å²) in [6.45, 7) is 0. The highest BCUT2D eigenvalue weighted by molar-refractivity contribution is 6.30. The number of hydrogen-bond donors (Lipinski definition) is 0. The van der Waals surface area contributed by atoms with Crippen molar-refractivity contribution < 1.29 is 23.9 Å². The summed E-state index contributed by atoms with van der Waals surface area (Å²) in [5.74, 6) is -0.227. The van der Waals surface area contributed by atoms with Crippen molar-refractivity contribution in [2.24, 2.45) is 4.99 Å². The quantitative estimate of drug-likeness (QED) is 0.548. The number of isocyanates is 1. The number of ketones is 2. The molecule has 0 N–H and O–H groups in total. The number of nitrogens with zero attached hydrogens (tertiary/aromatic N) is 1. The Bertz CT molecular complexity index is 894. The standard InChI is InChI=1S/C17H11NO5/c1-22-12-5-3-4-10-14(12)17(21)15-11(16(10)20)6-9(18-8-19)7-13(15)23-2/h3-7H,1-2H3. The molecule has 0 bridgehead atoms. The van der Waals surface area contributed by atoms with Gasteiger partial charge in [-0.3, -0.25) is 9.59 Å². The van der Waals surface area contributed by atoms with Gasteiger partial charge in [0.25, 0.3) is 0 Å². The van der Waals surface area contributed by atoms with E-state index in [0.29, 0.717) is 5.75 Å². The lowest BCUT2D eigenvalue weighted by atomic mass is 9.83. The zero-order valence-corrected chi connectivity index (χ0v) is 12.4. The van der Waals surface area contributed by atoms with E-state index in [-0.39, 0.29) is 45.3 Å². The second-order valence-corrected chi connectivity index (χ2v) is 4.81. The molecule has 1 aliphatic carbocycles. The number of methoxy groups -OCH3 is 2. The highest BCUT2D eigenvalue weighted by atomic mass is 16.5. The van der Waals surface area contributed by atoms with Gasteiger partial charge >= 0.3 is 0 Å². The van der Waals surface area contributed by atoms with E-state index in [1.165, 1.54) is 32.4 Å². The predicted octanol–water partition coefficient (Wildman–Crippen LogP) is 2.45. The first-order chi connectivity index (χ1) is 11.1. The third kappa shape index (κ3) is 2.13. The maximum Gasteiger partial charge on any atom is 0.240 e. The summed E-state index contributed by atoms with van der Waals surface area (Å²) in [4.78, 5) is 39.6. The van der Waals surface area contributed by atoms with Crippen LogP contribution in [0.1, 0.15) is 31.8 Å². The smallest absolute Gasteiger partial charge is 0.240 e. The molecule has 0 heterocycles. The van der Waals surface area contributed by atoms with Crippen molar-refractivity contribution in [3.63, 3.8) is 0 Å². The molecule has 0 unspecified atom stereocenters. The van der Waals surface area contributed by atoms with Gasteiger partial charge in [-0.2, -0.15) is 4.99 Å². The van der Waals surface area contributed by atoms with Crippen LogP contribution >= 0.6 is 0 Å². The molecule has 1 aliphatic rings. The zero-order chi connectivity index (χ0) is 16.6. The summed E-state index contributed by atoms with van der Waals surface area (Å²) in [6, 6.07) is 7.61. The van der Waals surface area contributed by atoms with Crippen molar-refractivity contribution in [3.05, 3.63) is 52.6 Å². The summed E-state index contributed by atoms with van der Waals surface area (Å²) in [5, 5.41) is 0. The van der Waals surface area contributed by atoms with Crippen molar-refractivity contribution in [1.29, 1.82) is 0 Å². The lowest BCUT2D eigenvalue weighted by Gasteiger charge is -2.21. The fraction of sp³-hybridized carbons (Fsp3) is 0.118. The molecule has 0 spiro atoms. The Kier molecular flexibility index (Phi) is 3.52. The fourth-order valence-corrected chi connectivity index (χ4v) is 2.69. The van der Waals surface area contributed by atoms with E-state index in [1.54, 1.807) is 18.2 Å². The Hall–Kier alpha value is -3.24. The summed E-state index contributed by atoms with van der Waals surface area (Å²) in [6.07, 6.45) is 1.41. The van der Waals surface area contributed by atoms with Gasteiger partial charge in [-0.1, -0.05) is 12.1 Å². The Morgan fingerprint density at radius 1 is 0.913 bits per heavy atom. The van der Waals surface area contributed by atoms with Crippen LogP contribution in [0.25, 0.3) is 0 Å². The van der Waals surface area contributed by atoms with E-state index in [0.717, 1.165) is 0 Å². The van der Waals surface area contributed by atoms with E-state index in [2.05, 4.69) is 4.99 Å². The molecular formula is C17H11NO5. The van der Waals surface area contributed by atoms with Crippen molar-refractivity contribution in [3.8, 4) is 11.5 Å². The van der Waals surface area contributed by atoms with Crippen LogP contribution in [0, 0.1) is 0 Å². The van der Waals surface area contributed by atoms with Gasteiger partial charge in [-0.25, -0.2) is 4.79 Å². The topological polar surface area (TPSA) is 82.0 Å². The minimum absolute atomic E-state index is 0.138. The van der Waals surface area contributed by atoms with E-state index in [9.17, 15) is 14.4 Å². The van der Waals surface area contributed by atoms with E-state index in [4.69, 9.17) is 9.47 Å². The van der Waals surface area contributed by atoms with Crippen LogP contribution in [0.4, 0.5) is 5.69 Å². The summed E-state index contributed by atoms with van der Waals surface area (Å²) < 4.78 is 10.4. The van der Waals surface area contributed by atoms with Crippen LogP contribution in [-0.4, -0.2) is 31.9 Å². The SMILES string of the molecule is COc1cccc2c1C(=O)c1c(OC)cc(N=C=O)cc1C2=O. The zero-order valence-electron chi connectivity index (χ0n) is 12.4. The third-order valence-corrected chi connectivity index (χ3v) is 3.67. The second-order valence-electron chi connectivity index (χ2n) is 4.81. The molecule has 0 fully saturated rings. The van der Waals surface area contributed by atoms with E-state index < -0.39 is 0 Å². The van der Waals surface area contributed by atoms with Gasteiger partial charge in [0.1, 0.15) is 11.5 Å². The number of carbonyl (C=O) groups is 2. The lowest BCUT2D eigenvalue weighted by Crippen LogP contribution is -2.22. The van der Waals surface area contributed by atoms with E-state index >= 15 is 0 Å².